The first-order valence-corrected chi connectivity index (χ1v) is 7.67. The molecule has 2 aromatic heterocycles. The van der Waals surface area contributed by atoms with Crippen LogP contribution in [-0.2, 0) is 16.1 Å². The summed E-state index contributed by atoms with van der Waals surface area (Å²) in [4.78, 5) is 28.3. The predicted molar refractivity (Wildman–Crippen MR) is 81.7 cm³/mol. The highest BCUT2D eigenvalue weighted by Crippen LogP contribution is 2.16. The number of Topliss-reactive ketones (excluding diaryl/α,β-unsaturated/α-hetero) is 1. The van der Waals surface area contributed by atoms with E-state index in [4.69, 9.17) is 9.15 Å². The molecule has 0 aliphatic rings. The zero-order valence-corrected chi connectivity index (χ0v) is 12.5. The summed E-state index contributed by atoms with van der Waals surface area (Å²) in [7, 11) is 0. The van der Waals surface area contributed by atoms with Gasteiger partial charge < -0.3 is 9.15 Å². The summed E-state index contributed by atoms with van der Waals surface area (Å²) in [5.41, 5.74) is 1.38. The minimum atomic E-state index is -0.438. The van der Waals surface area contributed by atoms with Gasteiger partial charge in [0, 0.05) is 6.42 Å². The molecule has 6 heteroatoms. The lowest BCUT2D eigenvalue weighted by atomic mass is 10.2. The van der Waals surface area contributed by atoms with Crippen molar-refractivity contribution in [2.24, 2.45) is 0 Å². The lowest BCUT2D eigenvalue weighted by molar-refractivity contribution is -0.145. The van der Waals surface area contributed by atoms with E-state index in [0.717, 1.165) is 5.52 Å². The fraction of sp³-hybridized carbons (Fsp3) is 0.188. The molecule has 0 saturated carbocycles. The lowest BCUT2D eigenvalue weighted by Crippen LogP contribution is -2.07. The summed E-state index contributed by atoms with van der Waals surface area (Å²) >= 11 is 1.37. The molecule has 5 nitrogen and oxygen atoms in total. The third-order valence-electron chi connectivity index (χ3n) is 3.05. The highest BCUT2D eigenvalue weighted by Gasteiger charge is 2.12. The molecule has 0 amide bonds. The van der Waals surface area contributed by atoms with E-state index in [2.05, 4.69) is 4.98 Å². The number of fused-ring (bicyclic) bond motifs is 1. The number of ether oxygens (including phenoxy) is 1. The standard InChI is InChI=1S/C16H13NO4S/c18-12(14-6-3-9-22-14)7-8-16(19)20-10-15-17-11-4-1-2-5-13(11)21-15/h1-6,9H,7-8,10H2. The number of nitrogens with zero attached hydrogens (tertiary/aromatic N) is 1. The number of esters is 1. The van der Waals surface area contributed by atoms with Crippen molar-refractivity contribution in [1.82, 2.24) is 4.98 Å². The number of aromatic nitrogens is 1. The Labute approximate surface area is 130 Å². The van der Waals surface area contributed by atoms with Crippen molar-refractivity contribution >= 4 is 34.2 Å². The second-order valence-electron chi connectivity index (χ2n) is 4.64. The zero-order chi connectivity index (χ0) is 15.4. The molecule has 0 radical (unpaired) electrons. The Balaban J connectivity index is 1.49. The Morgan fingerprint density at radius 1 is 1.14 bits per heavy atom. The van der Waals surface area contributed by atoms with Crippen LogP contribution >= 0.6 is 11.3 Å². The number of oxazole rings is 1. The van der Waals surface area contributed by atoms with Gasteiger partial charge in [-0.05, 0) is 23.6 Å². The van der Waals surface area contributed by atoms with Crippen LogP contribution in [0.3, 0.4) is 0 Å². The van der Waals surface area contributed by atoms with Gasteiger partial charge in [-0.2, -0.15) is 0 Å². The number of rotatable bonds is 6. The molecule has 0 N–H and O–H groups in total. The van der Waals surface area contributed by atoms with Crippen molar-refractivity contribution in [3.63, 3.8) is 0 Å². The van der Waals surface area contributed by atoms with Crippen LogP contribution in [0.4, 0.5) is 0 Å². The van der Waals surface area contributed by atoms with Crippen LogP contribution in [-0.4, -0.2) is 16.7 Å². The van der Waals surface area contributed by atoms with E-state index in [-0.39, 0.29) is 25.2 Å². The summed E-state index contributed by atoms with van der Waals surface area (Å²) in [6.07, 6.45) is 0.198. The molecule has 0 aliphatic carbocycles. The number of hydrogen-bond acceptors (Lipinski definition) is 6. The average molecular weight is 315 g/mol. The number of hydrogen-bond donors (Lipinski definition) is 0. The Morgan fingerprint density at radius 2 is 2.00 bits per heavy atom. The summed E-state index contributed by atoms with van der Waals surface area (Å²) in [5, 5.41) is 1.83. The van der Waals surface area contributed by atoms with Crippen LogP contribution in [0.5, 0.6) is 0 Å². The molecule has 1 aromatic carbocycles. The fourth-order valence-corrected chi connectivity index (χ4v) is 2.67. The van der Waals surface area contributed by atoms with Gasteiger partial charge in [-0.1, -0.05) is 18.2 Å². The minimum absolute atomic E-state index is 0.0271. The summed E-state index contributed by atoms with van der Waals surface area (Å²) in [5.74, 6) is -0.139. The fourth-order valence-electron chi connectivity index (χ4n) is 1.97. The molecule has 112 valence electrons. The maximum atomic E-state index is 11.8. The smallest absolute Gasteiger partial charge is 0.306 e. The van der Waals surface area contributed by atoms with Crippen LogP contribution < -0.4 is 0 Å². The topological polar surface area (TPSA) is 69.4 Å². The number of benzene rings is 1. The van der Waals surface area contributed by atoms with Gasteiger partial charge in [-0.15, -0.1) is 11.3 Å². The zero-order valence-electron chi connectivity index (χ0n) is 11.7. The monoisotopic (exact) mass is 315 g/mol. The van der Waals surface area contributed by atoms with Crippen molar-refractivity contribution in [1.29, 1.82) is 0 Å². The van der Waals surface area contributed by atoms with Gasteiger partial charge in [0.05, 0.1) is 11.3 Å². The third kappa shape index (κ3) is 3.40. The first-order valence-electron chi connectivity index (χ1n) is 6.79. The number of ketones is 1. The lowest BCUT2D eigenvalue weighted by Gasteiger charge is -2.01. The van der Waals surface area contributed by atoms with E-state index >= 15 is 0 Å². The van der Waals surface area contributed by atoms with Crippen molar-refractivity contribution in [2.45, 2.75) is 19.4 Å². The van der Waals surface area contributed by atoms with Gasteiger partial charge in [0.15, 0.2) is 18.0 Å². The summed E-state index contributed by atoms with van der Waals surface area (Å²) < 4.78 is 10.5. The number of thiophene rings is 1. The van der Waals surface area contributed by atoms with Gasteiger partial charge >= 0.3 is 5.97 Å². The largest absolute Gasteiger partial charge is 0.456 e. The average Bonchev–Trinajstić information content (AvgIpc) is 3.19. The van der Waals surface area contributed by atoms with Crippen LogP contribution in [0.15, 0.2) is 46.2 Å². The predicted octanol–water partition coefficient (Wildman–Crippen LogP) is 3.60. The molecule has 0 saturated heterocycles. The first kappa shape index (κ1) is 14.5. The molecule has 22 heavy (non-hydrogen) atoms. The number of carbonyl (C=O) groups is 2. The van der Waals surface area contributed by atoms with Gasteiger partial charge in [-0.3, -0.25) is 9.59 Å². The van der Waals surface area contributed by atoms with Gasteiger partial charge in [0.25, 0.3) is 0 Å². The second kappa shape index (κ2) is 6.53. The Bertz CT molecular complexity index is 758. The van der Waals surface area contributed by atoms with Gasteiger partial charge in [-0.25, -0.2) is 4.98 Å². The quantitative estimate of drug-likeness (QED) is 0.513. The van der Waals surface area contributed by atoms with Crippen molar-refractivity contribution in [3.8, 4) is 0 Å². The minimum Gasteiger partial charge on any atom is -0.456 e. The highest BCUT2D eigenvalue weighted by atomic mass is 32.1. The van der Waals surface area contributed by atoms with Crippen molar-refractivity contribution in [3.05, 3.63) is 52.5 Å². The van der Waals surface area contributed by atoms with Crippen LogP contribution in [0.1, 0.15) is 28.4 Å². The maximum Gasteiger partial charge on any atom is 0.306 e. The SMILES string of the molecule is O=C(CCC(=O)c1cccs1)OCc1nc2ccccc2o1. The van der Waals surface area contributed by atoms with E-state index in [0.29, 0.717) is 16.4 Å². The van der Waals surface area contributed by atoms with Crippen LogP contribution in [0.2, 0.25) is 0 Å². The second-order valence-corrected chi connectivity index (χ2v) is 5.58. The highest BCUT2D eigenvalue weighted by molar-refractivity contribution is 7.12. The van der Waals surface area contributed by atoms with Crippen LogP contribution in [0.25, 0.3) is 11.1 Å². The maximum absolute atomic E-state index is 11.8. The van der Waals surface area contributed by atoms with E-state index in [1.165, 1.54) is 11.3 Å². The molecule has 0 fully saturated rings. The van der Waals surface area contributed by atoms with Gasteiger partial charge in [0.2, 0.25) is 5.89 Å². The first-order chi connectivity index (χ1) is 10.7. The Kier molecular flexibility index (Phi) is 4.29. The molecule has 0 atom stereocenters. The molecule has 3 aromatic rings. The molecule has 0 aliphatic heterocycles. The van der Waals surface area contributed by atoms with E-state index in [1.807, 2.05) is 29.6 Å². The van der Waals surface area contributed by atoms with Crippen LogP contribution in [0, 0.1) is 0 Å². The van der Waals surface area contributed by atoms with E-state index in [1.54, 1.807) is 12.1 Å². The molecule has 0 bridgehead atoms. The molecule has 0 unspecified atom stereocenters. The Morgan fingerprint density at radius 3 is 2.77 bits per heavy atom. The summed E-state index contributed by atoms with van der Waals surface area (Å²) in [6, 6.07) is 10.9. The van der Waals surface area contributed by atoms with Crippen molar-refractivity contribution < 1.29 is 18.7 Å². The third-order valence-corrected chi connectivity index (χ3v) is 3.96. The molecule has 2 heterocycles. The van der Waals surface area contributed by atoms with Gasteiger partial charge in [0.1, 0.15) is 5.52 Å². The van der Waals surface area contributed by atoms with Crippen molar-refractivity contribution in [2.75, 3.05) is 0 Å². The molecule has 3 rings (SSSR count). The molecular weight excluding hydrogens is 302 g/mol. The molecular formula is C16H13NO4S. The Hall–Kier alpha value is -2.47. The summed E-state index contributed by atoms with van der Waals surface area (Å²) in [6.45, 7) is -0.0271. The normalized spacial score (nSPS) is 10.7. The number of carbonyl (C=O) groups excluding carboxylic acids is 2. The van der Waals surface area contributed by atoms with E-state index < -0.39 is 5.97 Å². The van der Waals surface area contributed by atoms with E-state index in [9.17, 15) is 9.59 Å². The molecule has 0 spiro atoms. The number of para-hydroxylation sites is 2.